The molecule has 1 aliphatic rings. The molecule has 0 bridgehead atoms. The van der Waals surface area contributed by atoms with Gasteiger partial charge >= 0.3 is 6.03 Å². The highest BCUT2D eigenvalue weighted by molar-refractivity contribution is 8.14. The van der Waals surface area contributed by atoms with Crippen LogP contribution >= 0.6 is 11.8 Å². The van der Waals surface area contributed by atoms with Crippen LogP contribution < -0.4 is 4.90 Å². The third-order valence-corrected chi connectivity index (χ3v) is 5.40. The van der Waals surface area contributed by atoms with Gasteiger partial charge in [-0.05, 0) is 29.8 Å². The van der Waals surface area contributed by atoms with Gasteiger partial charge in [-0.1, -0.05) is 66.4 Å². The Labute approximate surface area is 172 Å². The SMILES string of the molecule is O=C(SCN1C(=O)C(c2ccccc2)N(c2ccccc2)C1=O)c1ccccn1. The lowest BCUT2D eigenvalue weighted by molar-refractivity contribution is -0.126. The van der Waals surface area contributed by atoms with Crippen molar-refractivity contribution >= 4 is 34.5 Å². The van der Waals surface area contributed by atoms with Gasteiger partial charge in [-0.15, -0.1) is 0 Å². The summed E-state index contributed by atoms with van der Waals surface area (Å²) in [7, 11) is 0. The van der Waals surface area contributed by atoms with Gasteiger partial charge in [0.2, 0.25) is 5.12 Å². The highest BCUT2D eigenvalue weighted by Crippen LogP contribution is 2.36. The molecule has 0 spiro atoms. The molecule has 0 radical (unpaired) electrons. The Balaban J connectivity index is 1.61. The van der Waals surface area contributed by atoms with Crippen molar-refractivity contribution in [1.29, 1.82) is 0 Å². The predicted octanol–water partition coefficient (Wildman–Crippen LogP) is 4.12. The van der Waals surface area contributed by atoms with E-state index in [4.69, 9.17) is 0 Å². The first kappa shape index (κ1) is 18.9. The first-order valence-corrected chi connectivity index (χ1v) is 9.98. The first-order chi connectivity index (χ1) is 14.2. The van der Waals surface area contributed by atoms with E-state index in [1.807, 2.05) is 48.5 Å². The van der Waals surface area contributed by atoms with Gasteiger partial charge in [0.1, 0.15) is 11.7 Å². The Bertz CT molecular complexity index is 971. The summed E-state index contributed by atoms with van der Waals surface area (Å²) in [6, 6.07) is 22.0. The van der Waals surface area contributed by atoms with Crippen molar-refractivity contribution in [2.24, 2.45) is 0 Å². The lowest BCUT2D eigenvalue weighted by atomic mass is 10.1. The molecule has 1 fully saturated rings. The van der Waals surface area contributed by atoms with Crippen molar-refractivity contribution in [2.75, 3.05) is 10.8 Å². The molecule has 2 heterocycles. The molecule has 0 N–H and O–H groups in total. The number of urea groups is 1. The number of anilines is 1. The van der Waals surface area contributed by atoms with Crippen LogP contribution in [0.4, 0.5) is 10.5 Å². The van der Waals surface area contributed by atoms with E-state index < -0.39 is 12.1 Å². The van der Waals surface area contributed by atoms with E-state index in [1.54, 1.807) is 30.3 Å². The molecule has 29 heavy (non-hydrogen) atoms. The summed E-state index contributed by atoms with van der Waals surface area (Å²) >= 11 is 0.885. The minimum Gasteiger partial charge on any atom is -0.280 e. The number of thioether (sulfide) groups is 1. The largest absolute Gasteiger partial charge is 0.333 e. The molecule has 0 aliphatic carbocycles. The normalized spacial score (nSPS) is 16.3. The second-order valence-corrected chi connectivity index (χ2v) is 7.26. The van der Waals surface area contributed by atoms with Crippen LogP contribution in [0.25, 0.3) is 0 Å². The summed E-state index contributed by atoms with van der Waals surface area (Å²) in [6.45, 7) is 0. The maximum absolute atomic E-state index is 13.2. The maximum Gasteiger partial charge on any atom is 0.333 e. The van der Waals surface area contributed by atoms with Crippen LogP contribution in [-0.4, -0.2) is 32.8 Å². The number of carbonyl (C=O) groups is 3. The molecule has 1 aliphatic heterocycles. The number of hydrogen-bond donors (Lipinski definition) is 0. The Kier molecular flexibility index (Phi) is 5.39. The minimum atomic E-state index is -0.767. The molecule has 0 saturated carbocycles. The highest BCUT2D eigenvalue weighted by atomic mass is 32.2. The molecule has 144 valence electrons. The quantitative estimate of drug-likeness (QED) is 0.599. The van der Waals surface area contributed by atoms with Crippen molar-refractivity contribution in [3.63, 3.8) is 0 Å². The van der Waals surface area contributed by atoms with Crippen LogP contribution in [0.3, 0.4) is 0 Å². The number of rotatable bonds is 5. The molecule has 7 heteroatoms. The van der Waals surface area contributed by atoms with Gasteiger partial charge in [-0.3, -0.25) is 24.4 Å². The topological polar surface area (TPSA) is 70.6 Å². The molecule has 6 nitrogen and oxygen atoms in total. The summed E-state index contributed by atoms with van der Waals surface area (Å²) in [4.78, 5) is 45.3. The fourth-order valence-electron chi connectivity index (χ4n) is 3.17. The summed E-state index contributed by atoms with van der Waals surface area (Å²) in [5.41, 5.74) is 1.64. The number of amides is 3. The standard InChI is InChI=1S/C22H17N3O3S/c26-20-19(16-9-3-1-4-10-16)25(17-11-5-2-6-12-17)22(28)24(20)15-29-21(27)18-13-7-8-14-23-18/h1-14,19H,15H2. The number of hydrogen-bond acceptors (Lipinski definition) is 5. The van der Waals surface area contributed by atoms with Gasteiger partial charge in [-0.25, -0.2) is 4.79 Å². The van der Waals surface area contributed by atoms with Crippen LogP contribution in [0.1, 0.15) is 22.1 Å². The molecule has 3 aromatic rings. The first-order valence-electron chi connectivity index (χ1n) is 8.99. The third-order valence-electron chi connectivity index (χ3n) is 4.54. The molecule has 3 amide bonds. The zero-order valence-electron chi connectivity index (χ0n) is 15.3. The summed E-state index contributed by atoms with van der Waals surface area (Å²) in [5.74, 6) is -0.425. The van der Waals surface area contributed by atoms with E-state index in [0.717, 1.165) is 22.2 Å². The second-order valence-electron chi connectivity index (χ2n) is 6.34. The van der Waals surface area contributed by atoms with Crippen molar-refractivity contribution < 1.29 is 14.4 Å². The molecule has 4 rings (SSSR count). The third kappa shape index (κ3) is 3.77. The van der Waals surface area contributed by atoms with Crippen LogP contribution in [0.15, 0.2) is 85.1 Å². The van der Waals surface area contributed by atoms with Crippen molar-refractivity contribution in [3.05, 3.63) is 96.3 Å². The van der Waals surface area contributed by atoms with Crippen LogP contribution in [-0.2, 0) is 4.79 Å². The predicted molar refractivity (Wildman–Crippen MR) is 111 cm³/mol. The number of imide groups is 1. The summed E-state index contributed by atoms with van der Waals surface area (Å²) in [5, 5.41) is -0.291. The van der Waals surface area contributed by atoms with Crippen LogP contribution in [0.5, 0.6) is 0 Å². The fraction of sp³-hybridized carbons (Fsp3) is 0.0909. The molecule has 2 aromatic carbocycles. The Morgan fingerprint density at radius 2 is 1.55 bits per heavy atom. The number of pyridine rings is 1. The zero-order chi connectivity index (χ0) is 20.2. The molecule has 1 unspecified atom stereocenters. The van der Waals surface area contributed by atoms with E-state index in [-0.39, 0.29) is 22.6 Å². The molecule has 1 atom stereocenters. The van der Waals surface area contributed by atoms with Gasteiger partial charge < -0.3 is 0 Å². The van der Waals surface area contributed by atoms with Gasteiger partial charge in [0, 0.05) is 11.9 Å². The van der Waals surface area contributed by atoms with E-state index in [2.05, 4.69) is 4.98 Å². The van der Waals surface area contributed by atoms with E-state index in [0.29, 0.717) is 5.69 Å². The van der Waals surface area contributed by atoms with Crippen molar-refractivity contribution in [1.82, 2.24) is 9.88 Å². The van der Waals surface area contributed by atoms with Crippen molar-refractivity contribution in [3.8, 4) is 0 Å². The average Bonchev–Trinajstić information content (AvgIpc) is 3.03. The van der Waals surface area contributed by atoms with Gasteiger partial charge in [0.15, 0.2) is 0 Å². The monoisotopic (exact) mass is 403 g/mol. The number of nitrogens with zero attached hydrogens (tertiary/aromatic N) is 3. The van der Waals surface area contributed by atoms with Crippen LogP contribution in [0.2, 0.25) is 0 Å². The van der Waals surface area contributed by atoms with Gasteiger partial charge in [-0.2, -0.15) is 0 Å². The Morgan fingerprint density at radius 1 is 0.897 bits per heavy atom. The number of carbonyl (C=O) groups excluding carboxylic acids is 3. The fourth-order valence-corrected chi connectivity index (χ4v) is 3.92. The number of aromatic nitrogens is 1. The molecule has 1 saturated heterocycles. The van der Waals surface area contributed by atoms with Gasteiger partial charge in [0.25, 0.3) is 5.91 Å². The Hall–Kier alpha value is -3.45. The smallest absolute Gasteiger partial charge is 0.280 e. The summed E-state index contributed by atoms with van der Waals surface area (Å²) in [6.07, 6.45) is 1.53. The lowest BCUT2D eigenvalue weighted by Crippen LogP contribution is -2.33. The zero-order valence-corrected chi connectivity index (χ0v) is 16.2. The van der Waals surface area contributed by atoms with Gasteiger partial charge in [0.05, 0.1) is 5.88 Å². The van der Waals surface area contributed by atoms with E-state index in [1.165, 1.54) is 11.1 Å². The minimum absolute atomic E-state index is 0.0697. The molecular weight excluding hydrogens is 386 g/mol. The number of para-hydroxylation sites is 1. The highest BCUT2D eigenvalue weighted by Gasteiger charge is 2.46. The maximum atomic E-state index is 13.2. The summed E-state index contributed by atoms with van der Waals surface area (Å²) < 4.78 is 0. The van der Waals surface area contributed by atoms with E-state index in [9.17, 15) is 14.4 Å². The van der Waals surface area contributed by atoms with E-state index >= 15 is 0 Å². The molecule has 1 aromatic heterocycles. The molecular formula is C22H17N3O3S. The number of benzene rings is 2. The average molecular weight is 403 g/mol. The Morgan fingerprint density at radius 3 is 2.21 bits per heavy atom. The second kappa shape index (κ2) is 8.28. The van der Waals surface area contributed by atoms with Crippen LogP contribution in [0, 0.1) is 0 Å². The lowest BCUT2D eigenvalue weighted by Gasteiger charge is -2.22. The van der Waals surface area contributed by atoms with Crippen molar-refractivity contribution in [2.45, 2.75) is 6.04 Å².